The molecule has 2 atom stereocenters. The lowest BCUT2D eigenvalue weighted by molar-refractivity contribution is -0.404. The van der Waals surface area contributed by atoms with Gasteiger partial charge in [0.25, 0.3) is 5.97 Å². The Morgan fingerprint density at radius 2 is 1.22 bits per heavy atom. The molecule has 0 aromatic rings. The van der Waals surface area contributed by atoms with E-state index in [4.69, 9.17) is 19.9 Å². The largest absolute Gasteiger partial charge is 0.327 e. The van der Waals surface area contributed by atoms with Gasteiger partial charge in [-0.1, -0.05) is 52.4 Å². The molecule has 0 heterocycles. The first kappa shape index (κ1) is 22.8. The van der Waals surface area contributed by atoms with Gasteiger partial charge in [0.15, 0.2) is 0 Å². The molecule has 0 radical (unpaired) electrons. The molecule has 0 aliphatic rings. The number of unbranched alkanes of at least 4 members (excludes halogenated alkanes) is 5. The second kappa shape index (κ2) is 14.2. The molecule has 0 saturated carbocycles. The van der Waals surface area contributed by atoms with E-state index in [1.165, 1.54) is 32.1 Å². The van der Waals surface area contributed by atoms with Crippen molar-refractivity contribution in [3.63, 3.8) is 0 Å². The summed E-state index contributed by atoms with van der Waals surface area (Å²) in [4.78, 5) is 0. The number of rotatable bonds is 16. The van der Waals surface area contributed by atoms with Gasteiger partial charge < -0.3 is 19.9 Å². The first-order chi connectivity index (χ1) is 11.1. The topological polar surface area (TPSA) is 53.7 Å². The molecular formula is C19H41NO3. The Labute approximate surface area is 144 Å². The first-order valence-electron chi connectivity index (χ1n) is 9.79. The molecule has 4 nitrogen and oxygen atoms in total. The highest BCUT2D eigenvalue weighted by atomic mass is 16.9. The number of ether oxygens (including phenoxy) is 3. The third-order valence-electron chi connectivity index (χ3n) is 4.35. The number of nitrogens with two attached hydrogens (primary N) is 1. The van der Waals surface area contributed by atoms with E-state index in [9.17, 15) is 0 Å². The summed E-state index contributed by atoms with van der Waals surface area (Å²) in [5.41, 5.74) is 6.42. The van der Waals surface area contributed by atoms with Crippen LogP contribution in [0.25, 0.3) is 0 Å². The predicted molar refractivity (Wildman–Crippen MR) is 97.4 cm³/mol. The highest BCUT2D eigenvalue weighted by molar-refractivity contribution is 4.81. The van der Waals surface area contributed by atoms with E-state index in [1.54, 1.807) is 0 Å². The van der Waals surface area contributed by atoms with Crippen LogP contribution in [-0.4, -0.2) is 31.8 Å². The van der Waals surface area contributed by atoms with Crippen LogP contribution in [0.15, 0.2) is 0 Å². The van der Waals surface area contributed by atoms with Crippen molar-refractivity contribution in [1.29, 1.82) is 0 Å². The third-order valence-corrected chi connectivity index (χ3v) is 4.35. The van der Waals surface area contributed by atoms with Gasteiger partial charge in [0.05, 0.1) is 5.92 Å². The molecule has 0 saturated heterocycles. The maximum Gasteiger partial charge on any atom is 0.287 e. The van der Waals surface area contributed by atoms with Crippen LogP contribution in [0.1, 0.15) is 86.0 Å². The molecule has 0 fully saturated rings. The van der Waals surface area contributed by atoms with E-state index in [0.29, 0.717) is 19.8 Å². The molecule has 0 spiro atoms. The van der Waals surface area contributed by atoms with Crippen molar-refractivity contribution < 1.29 is 14.2 Å². The maximum atomic E-state index is 6.42. The summed E-state index contributed by atoms with van der Waals surface area (Å²) in [5.74, 6) is -0.921. The number of hydrogen-bond donors (Lipinski definition) is 1. The molecule has 23 heavy (non-hydrogen) atoms. The van der Waals surface area contributed by atoms with Gasteiger partial charge in [-0.2, -0.15) is 0 Å². The van der Waals surface area contributed by atoms with Crippen LogP contribution in [0.2, 0.25) is 0 Å². The van der Waals surface area contributed by atoms with Crippen molar-refractivity contribution in [3.8, 4) is 0 Å². The Hall–Kier alpha value is -0.160. The van der Waals surface area contributed by atoms with E-state index in [1.807, 2.05) is 20.8 Å². The predicted octanol–water partition coefficient (Wildman–Crippen LogP) is 4.85. The van der Waals surface area contributed by atoms with E-state index in [-0.39, 0.29) is 12.0 Å². The van der Waals surface area contributed by atoms with E-state index < -0.39 is 5.97 Å². The monoisotopic (exact) mass is 331 g/mol. The quantitative estimate of drug-likeness (QED) is 0.324. The lowest BCUT2D eigenvalue weighted by Gasteiger charge is -2.41. The maximum absolute atomic E-state index is 6.42. The van der Waals surface area contributed by atoms with Crippen LogP contribution in [0, 0.1) is 5.92 Å². The summed E-state index contributed by atoms with van der Waals surface area (Å²) < 4.78 is 17.9. The van der Waals surface area contributed by atoms with Crippen molar-refractivity contribution >= 4 is 0 Å². The second-order valence-corrected chi connectivity index (χ2v) is 6.14. The summed E-state index contributed by atoms with van der Waals surface area (Å²) in [6.07, 6.45) is 9.52. The van der Waals surface area contributed by atoms with E-state index >= 15 is 0 Å². The SMILES string of the molecule is CCCCCCCCC(C(N)CC)C(OCC)(OCC)OCC. The van der Waals surface area contributed by atoms with Gasteiger partial charge in [0.1, 0.15) is 0 Å². The van der Waals surface area contributed by atoms with Gasteiger partial charge in [0, 0.05) is 25.9 Å². The fourth-order valence-corrected chi connectivity index (χ4v) is 3.13. The zero-order valence-corrected chi connectivity index (χ0v) is 16.2. The average molecular weight is 332 g/mol. The lowest BCUT2D eigenvalue weighted by Crippen LogP contribution is -2.53. The second-order valence-electron chi connectivity index (χ2n) is 6.14. The molecule has 2 unspecified atom stereocenters. The summed E-state index contributed by atoms with van der Waals surface area (Å²) in [6, 6.07) is 0.0234. The van der Waals surface area contributed by atoms with Crippen molar-refractivity contribution in [2.24, 2.45) is 11.7 Å². The molecule has 0 aromatic heterocycles. The number of hydrogen-bond acceptors (Lipinski definition) is 4. The van der Waals surface area contributed by atoms with Crippen LogP contribution >= 0.6 is 0 Å². The molecule has 0 amide bonds. The molecule has 0 bridgehead atoms. The summed E-state index contributed by atoms with van der Waals surface area (Å²) >= 11 is 0. The van der Waals surface area contributed by atoms with Gasteiger partial charge in [-0.3, -0.25) is 0 Å². The van der Waals surface area contributed by atoms with Crippen LogP contribution in [0.4, 0.5) is 0 Å². The fourth-order valence-electron chi connectivity index (χ4n) is 3.13. The van der Waals surface area contributed by atoms with Gasteiger partial charge >= 0.3 is 0 Å². The van der Waals surface area contributed by atoms with Gasteiger partial charge in [-0.25, -0.2) is 0 Å². The minimum atomic E-state index is -0.989. The van der Waals surface area contributed by atoms with Crippen LogP contribution in [-0.2, 0) is 14.2 Å². The van der Waals surface area contributed by atoms with Crippen molar-refractivity contribution in [2.45, 2.75) is 98.0 Å². The van der Waals surface area contributed by atoms with Crippen LogP contribution in [0.5, 0.6) is 0 Å². The molecule has 0 aliphatic carbocycles. The van der Waals surface area contributed by atoms with E-state index in [0.717, 1.165) is 19.3 Å². The third kappa shape index (κ3) is 8.48. The summed E-state index contributed by atoms with van der Waals surface area (Å²) in [6.45, 7) is 12.0. The zero-order valence-electron chi connectivity index (χ0n) is 16.2. The first-order valence-corrected chi connectivity index (χ1v) is 9.79. The van der Waals surface area contributed by atoms with Crippen molar-refractivity contribution in [1.82, 2.24) is 0 Å². The average Bonchev–Trinajstić information content (AvgIpc) is 2.54. The Morgan fingerprint density at radius 3 is 1.65 bits per heavy atom. The lowest BCUT2D eigenvalue weighted by atomic mass is 9.89. The summed E-state index contributed by atoms with van der Waals surface area (Å²) in [5, 5.41) is 0. The molecule has 0 rings (SSSR count). The summed E-state index contributed by atoms with van der Waals surface area (Å²) in [7, 11) is 0. The van der Waals surface area contributed by atoms with Gasteiger partial charge in [0.2, 0.25) is 0 Å². The Bertz CT molecular complexity index is 244. The molecular weight excluding hydrogens is 290 g/mol. The molecule has 0 aliphatic heterocycles. The van der Waals surface area contributed by atoms with Crippen LogP contribution in [0.3, 0.4) is 0 Å². The van der Waals surface area contributed by atoms with Gasteiger partial charge in [-0.15, -0.1) is 0 Å². The standard InChI is InChI=1S/C19H41NO3/c1-6-11-12-13-14-15-16-17(18(20)7-2)19(21-8-3,22-9-4)23-10-5/h17-18H,6-16,20H2,1-5H3. The molecule has 0 aromatic carbocycles. The van der Waals surface area contributed by atoms with Gasteiger partial charge in [-0.05, 0) is 33.6 Å². The zero-order chi connectivity index (χ0) is 17.6. The molecule has 140 valence electrons. The minimum Gasteiger partial charge on any atom is -0.327 e. The minimum absolute atomic E-state index is 0.0234. The van der Waals surface area contributed by atoms with Crippen molar-refractivity contribution in [3.05, 3.63) is 0 Å². The molecule has 2 N–H and O–H groups in total. The smallest absolute Gasteiger partial charge is 0.287 e. The molecule has 4 heteroatoms. The van der Waals surface area contributed by atoms with Crippen molar-refractivity contribution in [2.75, 3.05) is 19.8 Å². The highest BCUT2D eigenvalue weighted by Gasteiger charge is 2.44. The van der Waals surface area contributed by atoms with E-state index in [2.05, 4.69) is 13.8 Å². The Kier molecular flexibility index (Phi) is 14.1. The normalized spacial score (nSPS) is 14.9. The highest BCUT2D eigenvalue weighted by Crippen LogP contribution is 2.33. The Balaban J connectivity index is 4.83. The Morgan fingerprint density at radius 1 is 0.739 bits per heavy atom. The fraction of sp³-hybridized carbons (Fsp3) is 1.00. The van der Waals surface area contributed by atoms with Crippen LogP contribution < -0.4 is 5.73 Å².